The second kappa shape index (κ2) is 5.50. The van der Waals surface area contributed by atoms with Crippen LogP contribution in [0.3, 0.4) is 0 Å². The van der Waals surface area contributed by atoms with Gasteiger partial charge in [-0.2, -0.15) is 0 Å². The van der Waals surface area contributed by atoms with Crippen LogP contribution >= 0.6 is 0 Å². The molecule has 1 N–H and O–H groups in total. The Kier molecular flexibility index (Phi) is 3.53. The summed E-state index contributed by atoms with van der Waals surface area (Å²) in [5.74, 6) is 1.94. The summed E-state index contributed by atoms with van der Waals surface area (Å²) in [7, 11) is 0. The van der Waals surface area contributed by atoms with Crippen LogP contribution in [0.25, 0.3) is 0 Å². The molecule has 0 amide bonds. The summed E-state index contributed by atoms with van der Waals surface area (Å²) < 4.78 is 0. The van der Waals surface area contributed by atoms with E-state index in [-0.39, 0.29) is 0 Å². The van der Waals surface area contributed by atoms with E-state index in [4.69, 9.17) is 0 Å². The fourth-order valence-electron chi connectivity index (χ4n) is 3.86. The molecule has 2 saturated carbocycles. The van der Waals surface area contributed by atoms with Crippen LogP contribution in [-0.4, -0.2) is 30.6 Å². The van der Waals surface area contributed by atoms with E-state index >= 15 is 0 Å². The van der Waals surface area contributed by atoms with Crippen molar-refractivity contribution < 1.29 is 0 Å². The number of nitrogens with one attached hydrogen (secondary N) is 1. The highest BCUT2D eigenvalue weighted by molar-refractivity contribution is 5.20. The first-order valence-corrected chi connectivity index (χ1v) is 8.42. The molecule has 1 aromatic rings. The van der Waals surface area contributed by atoms with E-state index in [0.717, 1.165) is 24.4 Å². The maximum Gasteiger partial charge on any atom is 0.0473 e. The molecule has 1 aromatic carbocycles. The minimum absolute atomic E-state index is 0.590. The molecule has 2 atom stereocenters. The summed E-state index contributed by atoms with van der Waals surface area (Å²) in [5.41, 5.74) is 1.49. The van der Waals surface area contributed by atoms with E-state index in [1.807, 2.05) is 0 Å². The number of hydrogen-bond acceptors (Lipinski definition) is 2. The lowest BCUT2D eigenvalue weighted by atomic mass is 9.84. The molecule has 0 radical (unpaired) electrons. The van der Waals surface area contributed by atoms with Crippen LogP contribution in [0.2, 0.25) is 0 Å². The topological polar surface area (TPSA) is 15.3 Å². The zero-order valence-corrected chi connectivity index (χ0v) is 12.3. The standard InChI is InChI=1S/C18H26N2/c1-2-7-16(8-3-1)18-11-19-17(15-9-10-15)13-20(18)12-14-5-4-6-14/h1-3,7-8,14-15,17-19H,4-6,9-13H2. The van der Waals surface area contributed by atoms with Crippen molar-refractivity contribution in [1.29, 1.82) is 0 Å². The first-order valence-electron chi connectivity index (χ1n) is 8.42. The molecule has 3 aliphatic rings. The second-order valence-electron chi connectivity index (χ2n) is 7.03. The van der Waals surface area contributed by atoms with Crippen LogP contribution in [0.15, 0.2) is 30.3 Å². The molecule has 108 valence electrons. The van der Waals surface area contributed by atoms with Crippen LogP contribution in [-0.2, 0) is 0 Å². The van der Waals surface area contributed by atoms with E-state index < -0.39 is 0 Å². The van der Waals surface area contributed by atoms with Crippen LogP contribution in [0.4, 0.5) is 0 Å². The van der Waals surface area contributed by atoms with Crippen molar-refractivity contribution in [2.45, 2.75) is 44.2 Å². The molecule has 3 fully saturated rings. The van der Waals surface area contributed by atoms with Gasteiger partial charge in [-0.1, -0.05) is 36.8 Å². The van der Waals surface area contributed by atoms with Crippen molar-refractivity contribution in [3.05, 3.63) is 35.9 Å². The lowest BCUT2D eigenvalue weighted by Crippen LogP contribution is -2.54. The molecule has 2 unspecified atom stereocenters. The third kappa shape index (κ3) is 2.64. The van der Waals surface area contributed by atoms with Gasteiger partial charge in [-0.15, -0.1) is 0 Å². The third-order valence-electron chi connectivity index (χ3n) is 5.54. The lowest BCUT2D eigenvalue weighted by Gasteiger charge is -2.44. The average Bonchev–Trinajstić information content (AvgIpc) is 3.28. The molecule has 1 aliphatic heterocycles. The van der Waals surface area contributed by atoms with Crippen LogP contribution in [0.5, 0.6) is 0 Å². The second-order valence-corrected chi connectivity index (χ2v) is 7.03. The first kappa shape index (κ1) is 12.8. The van der Waals surface area contributed by atoms with Crippen molar-refractivity contribution in [3.63, 3.8) is 0 Å². The van der Waals surface area contributed by atoms with Crippen molar-refractivity contribution in [2.24, 2.45) is 11.8 Å². The number of hydrogen-bond donors (Lipinski definition) is 1. The molecule has 0 spiro atoms. The Morgan fingerprint density at radius 1 is 1.05 bits per heavy atom. The molecule has 0 aromatic heterocycles. The number of nitrogens with zero attached hydrogens (tertiary/aromatic N) is 1. The van der Waals surface area contributed by atoms with Gasteiger partial charge in [0.2, 0.25) is 0 Å². The molecule has 1 heterocycles. The van der Waals surface area contributed by atoms with Gasteiger partial charge in [-0.25, -0.2) is 0 Å². The van der Waals surface area contributed by atoms with Gasteiger partial charge in [0.15, 0.2) is 0 Å². The number of piperazine rings is 1. The average molecular weight is 270 g/mol. The molecular formula is C18H26N2. The first-order chi connectivity index (χ1) is 9.90. The molecule has 2 nitrogen and oxygen atoms in total. The van der Waals surface area contributed by atoms with Gasteiger partial charge >= 0.3 is 0 Å². The summed E-state index contributed by atoms with van der Waals surface area (Å²) in [6.07, 6.45) is 7.27. The van der Waals surface area contributed by atoms with E-state index in [0.29, 0.717) is 6.04 Å². The molecule has 4 rings (SSSR count). The predicted octanol–water partition coefficient (Wildman–Crippen LogP) is 3.21. The van der Waals surface area contributed by atoms with E-state index in [1.165, 1.54) is 50.8 Å². The monoisotopic (exact) mass is 270 g/mol. The van der Waals surface area contributed by atoms with E-state index in [2.05, 4.69) is 40.5 Å². The van der Waals surface area contributed by atoms with Crippen molar-refractivity contribution in [3.8, 4) is 0 Å². The minimum atomic E-state index is 0.590. The Morgan fingerprint density at radius 3 is 2.50 bits per heavy atom. The summed E-state index contributed by atoms with van der Waals surface area (Å²) >= 11 is 0. The van der Waals surface area contributed by atoms with Crippen LogP contribution in [0, 0.1) is 11.8 Å². The van der Waals surface area contributed by atoms with Gasteiger partial charge in [0, 0.05) is 31.7 Å². The fraction of sp³-hybridized carbons (Fsp3) is 0.667. The number of benzene rings is 1. The molecule has 2 heteroatoms. The van der Waals surface area contributed by atoms with Gasteiger partial charge in [0.25, 0.3) is 0 Å². The summed E-state index contributed by atoms with van der Waals surface area (Å²) in [6, 6.07) is 12.5. The third-order valence-corrected chi connectivity index (χ3v) is 5.54. The minimum Gasteiger partial charge on any atom is -0.311 e. The molecular weight excluding hydrogens is 244 g/mol. The van der Waals surface area contributed by atoms with E-state index in [1.54, 1.807) is 0 Å². The Labute approximate surface area is 122 Å². The predicted molar refractivity (Wildman–Crippen MR) is 82.6 cm³/mol. The number of rotatable bonds is 4. The van der Waals surface area contributed by atoms with Crippen molar-refractivity contribution in [1.82, 2.24) is 10.2 Å². The highest BCUT2D eigenvalue weighted by atomic mass is 15.2. The van der Waals surface area contributed by atoms with Crippen molar-refractivity contribution in [2.75, 3.05) is 19.6 Å². The Hall–Kier alpha value is -0.860. The molecule has 2 aliphatic carbocycles. The SMILES string of the molecule is c1ccc(C2CNC(C3CC3)CN2CC2CCC2)cc1. The Bertz CT molecular complexity index is 436. The maximum atomic E-state index is 3.83. The zero-order valence-electron chi connectivity index (χ0n) is 12.3. The highest BCUT2D eigenvalue weighted by Crippen LogP contribution is 2.37. The van der Waals surface area contributed by atoms with Gasteiger partial charge in [0.05, 0.1) is 0 Å². The largest absolute Gasteiger partial charge is 0.311 e. The fourth-order valence-corrected chi connectivity index (χ4v) is 3.86. The summed E-state index contributed by atoms with van der Waals surface area (Å²) in [6.45, 7) is 3.73. The van der Waals surface area contributed by atoms with Gasteiger partial charge < -0.3 is 5.32 Å². The van der Waals surface area contributed by atoms with Gasteiger partial charge in [-0.05, 0) is 43.1 Å². The normalized spacial score (nSPS) is 32.0. The quantitative estimate of drug-likeness (QED) is 0.904. The summed E-state index contributed by atoms with van der Waals surface area (Å²) in [4.78, 5) is 2.79. The summed E-state index contributed by atoms with van der Waals surface area (Å²) in [5, 5.41) is 3.83. The Balaban J connectivity index is 1.49. The smallest absolute Gasteiger partial charge is 0.0473 e. The van der Waals surface area contributed by atoms with Crippen molar-refractivity contribution >= 4 is 0 Å². The maximum absolute atomic E-state index is 3.83. The molecule has 1 saturated heterocycles. The van der Waals surface area contributed by atoms with E-state index in [9.17, 15) is 0 Å². The Morgan fingerprint density at radius 2 is 1.85 bits per heavy atom. The van der Waals surface area contributed by atoms with Crippen LogP contribution < -0.4 is 5.32 Å². The lowest BCUT2D eigenvalue weighted by molar-refractivity contribution is 0.0832. The van der Waals surface area contributed by atoms with Crippen LogP contribution in [0.1, 0.15) is 43.7 Å². The zero-order chi connectivity index (χ0) is 13.4. The van der Waals surface area contributed by atoms with Gasteiger partial charge in [-0.3, -0.25) is 4.90 Å². The molecule has 20 heavy (non-hydrogen) atoms. The van der Waals surface area contributed by atoms with Gasteiger partial charge in [0.1, 0.15) is 0 Å². The highest BCUT2D eigenvalue weighted by Gasteiger charge is 2.38. The molecule has 0 bridgehead atoms.